The van der Waals surface area contributed by atoms with Gasteiger partial charge in [0, 0.05) is 0 Å². The van der Waals surface area contributed by atoms with Gasteiger partial charge < -0.3 is 9.63 Å². The summed E-state index contributed by atoms with van der Waals surface area (Å²) in [4.78, 5) is 5.26. The van der Waals surface area contributed by atoms with Crippen molar-refractivity contribution in [1.29, 1.82) is 0 Å². The van der Waals surface area contributed by atoms with Gasteiger partial charge in [0.05, 0.1) is 11.1 Å². The number of hydrogen-bond acceptors (Lipinski definition) is 7. The van der Waals surface area contributed by atoms with E-state index in [0.29, 0.717) is 24.0 Å². The molecule has 104 valence electrons. The fourth-order valence-corrected chi connectivity index (χ4v) is 2.27. The van der Waals surface area contributed by atoms with Crippen LogP contribution in [-0.4, -0.2) is 30.2 Å². The minimum atomic E-state index is -1.02. The number of thiophene rings is 1. The third-order valence-corrected chi connectivity index (χ3v) is 3.54. The minimum absolute atomic E-state index is 0.321. The number of rotatable bonds is 4. The summed E-state index contributed by atoms with van der Waals surface area (Å²) in [5.41, 5.74) is -0.523. The molecule has 0 aliphatic rings. The van der Waals surface area contributed by atoms with E-state index in [9.17, 15) is 5.11 Å². The Kier molecular flexibility index (Phi) is 3.11. The lowest BCUT2D eigenvalue weighted by Gasteiger charge is -2.11. The van der Waals surface area contributed by atoms with Crippen LogP contribution in [0.3, 0.4) is 0 Å². The molecule has 0 saturated heterocycles. The molecule has 0 bridgehead atoms. The standard InChI is InChI=1S/C12H13N5O2S/c1-12(2,18)9-6-17(16-14-9)7-10-13-11(15-19-10)8-4-3-5-20-8/h3-6,18H,7H2,1-2H3. The maximum absolute atomic E-state index is 9.83. The molecule has 0 aromatic carbocycles. The minimum Gasteiger partial charge on any atom is -0.384 e. The molecule has 1 N–H and O–H groups in total. The van der Waals surface area contributed by atoms with Gasteiger partial charge in [0.2, 0.25) is 11.7 Å². The number of hydrogen-bond donors (Lipinski definition) is 1. The van der Waals surface area contributed by atoms with Gasteiger partial charge in [0.1, 0.15) is 17.8 Å². The molecule has 0 aliphatic carbocycles. The van der Waals surface area contributed by atoms with Crippen LogP contribution < -0.4 is 0 Å². The first-order chi connectivity index (χ1) is 9.52. The predicted octanol–water partition coefficient (Wildman–Crippen LogP) is 1.67. The van der Waals surface area contributed by atoms with Crippen LogP contribution >= 0.6 is 11.3 Å². The Balaban J connectivity index is 1.77. The molecular formula is C12H13N5O2S. The van der Waals surface area contributed by atoms with Crippen LogP contribution in [0.15, 0.2) is 28.2 Å². The first kappa shape index (κ1) is 12.9. The third-order valence-electron chi connectivity index (χ3n) is 2.67. The second kappa shape index (κ2) is 4.80. The summed E-state index contributed by atoms with van der Waals surface area (Å²) in [6, 6.07) is 3.87. The van der Waals surface area contributed by atoms with Gasteiger partial charge in [-0.25, -0.2) is 4.68 Å². The normalized spacial score (nSPS) is 11.9. The van der Waals surface area contributed by atoms with E-state index in [1.165, 1.54) is 0 Å². The number of nitrogens with zero attached hydrogens (tertiary/aromatic N) is 5. The lowest BCUT2D eigenvalue weighted by molar-refractivity contribution is 0.0737. The van der Waals surface area contributed by atoms with Crippen molar-refractivity contribution in [1.82, 2.24) is 25.1 Å². The summed E-state index contributed by atoms with van der Waals surface area (Å²) in [5, 5.41) is 23.6. The Hall–Kier alpha value is -2.06. The first-order valence-corrected chi connectivity index (χ1v) is 6.90. The fourth-order valence-electron chi connectivity index (χ4n) is 1.62. The molecule has 0 radical (unpaired) electrons. The summed E-state index contributed by atoms with van der Waals surface area (Å²) in [5.74, 6) is 1.01. The van der Waals surface area contributed by atoms with Gasteiger partial charge in [-0.1, -0.05) is 16.4 Å². The first-order valence-electron chi connectivity index (χ1n) is 6.02. The van der Waals surface area contributed by atoms with E-state index in [1.807, 2.05) is 17.5 Å². The van der Waals surface area contributed by atoms with E-state index in [0.717, 1.165) is 4.88 Å². The highest BCUT2D eigenvalue weighted by atomic mass is 32.1. The lowest BCUT2D eigenvalue weighted by Crippen LogP contribution is -2.15. The van der Waals surface area contributed by atoms with Crippen LogP contribution in [0, 0.1) is 0 Å². The lowest BCUT2D eigenvalue weighted by atomic mass is 10.1. The Labute approximate surface area is 118 Å². The zero-order chi connectivity index (χ0) is 14.2. The molecule has 3 rings (SSSR count). The van der Waals surface area contributed by atoms with Crippen molar-refractivity contribution in [3.05, 3.63) is 35.3 Å². The van der Waals surface area contributed by atoms with E-state index in [-0.39, 0.29) is 0 Å². The summed E-state index contributed by atoms with van der Waals surface area (Å²) >= 11 is 1.55. The molecular weight excluding hydrogens is 278 g/mol. The van der Waals surface area contributed by atoms with Crippen molar-refractivity contribution in [3.8, 4) is 10.7 Å². The third kappa shape index (κ3) is 2.61. The Morgan fingerprint density at radius 2 is 2.30 bits per heavy atom. The van der Waals surface area contributed by atoms with Gasteiger partial charge in [0.25, 0.3) is 0 Å². The maximum Gasteiger partial charge on any atom is 0.248 e. The van der Waals surface area contributed by atoms with E-state index < -0.39 is 5.60 Å². The highest BCUT2D eigenvalue weighted by Gasteiger charge is 2.20. The SMILES string of the molecule is CC(C)(O)c1cn(Cc2nc(-c3cccs3)no2)nn1. The summed E-state index contributed by atoms with van der Waals surface area (Å²) in [6.45, 7) is 3.63. The molecule has 3 aromatic rings. The Bertz CT molecular complexity index is 696. The fraction of sp³-hybridized carbons (Fsp3) is 0.333. The smallest absolute Gasteiger partial charge is 0.248 e. The van der Waals surface area contributed by atoms with Crippen molar-refractivity contribution in [3.63, 3.8) is 0 Å². The van der Waals surface area contributed by atoms with E-state index in [2.05, 4.69) is 20.5 Å². The van der Waals surface area contributed by atoms with Crippen molar-refractivity contribution in [2.24, 2.45) is 0 Å². The van der Waals surface area contributed by atoms with E-state index >= 15 is 0 Å². The molecule has 0 saturated carbocycles. The summed E-state index contributed by atoms with van der Waals surface area (Å²) in [6.07, 6.45) is 1.66. The van der Waals surface area contributed by atoms with Crippen LogP contribution in [0.1, 0.15) is 25.4 Å². The molecule has 7 nitrogen and oxygen atoms in total. The topological polar surface area (TPSA) is 89.9 Å². The van der Waals surface area contributed by atoms with Gasteiger partial charge in [-0.05, 0) is 25.3 Å². The maximum atomic E-state index is 9.83. The zero-order valence-electron chi connectivity index (χ0n) is 11.0. The largest absolute Gasteiger partial charge is 0.384 e. The average molecular weight is 291 g/mol. The average Bonchev–Trinajstić information content (AvgIpc) is 3.08. The van der Waals surface area contributed by atoms with Gasteiger partial charge in [-0.3, -0.25) is 0 Å². The van der Waals surface area contributed by atoms with E-state index in [1.54, 1.807) is 36.1 Å². The molecule has 0 unspecified atom stereocenters. The van der Waals surface area contributed by atoms with Crippen LogP contribution in [0.4, 0.5) is 0 Å². The Morgan fingerprint density at radius 3 is 2.95 bits per heavy atom. The second-order valence-electron chi connectivity index (χ2n) is 4.85. The predicted molar refractivity (Wildman–Crippen MR) is 72.0 cm³/mol. The monoisotopic (exact) mass is 291 g/mol. The van der Waals surface area contributed by atoms with Crippen LogP contribution in [0.5, 0.6) is 0 Å². The van der Waals surface area contributed by atoms with Crippen LogP contribution in [0.2, 0.25) is 0 Å². The molecule has 8 heteroatoms. The summed E-state index contributed by atoms with van der Waals surface area (Å²) < 4.78 is 6.74. The Morgan fingerprint density at radius 1 is 1.45 bits per heavy atom. The van der Waals surface area contributed by atoms with Gasteiger partial charge >= 0.3 is 0 Å². The summed E-state index contributed by atoms with van der Waals surface area (Å²) in [7, 11) is 0. The van der Waals surface area contributed by atoms with Crippen LogP contribution in [0.25, 0.3) is 10.7 Å². The number of aromatic nitrogens is 5. The highest BCUT2D eigenvalue weighted by molar-refractivity contribution is 7.13. The molecule has 20 heavy (non-hydrogen) atoms. The van der Waals surface area contributed by atoms with Crippen LogP contribution in [-0.2, 0) is 12.1 Å². The van der Waals surface area contributed by atoms with Gasteiger partial charge in [-0.15, -0.1) is 16.4 Å². The molecule has 3 aromatic heterocycles. The molecule has 0 fully saturated rings. The molecule has 3 heterocycles. The number of aliphatic hydroxyl groups is 1. The van der Waals surface area contributed by atoms with Gasteiger partial charge in [0.15, 0.2) is 0 Å². The molecule has 0 amide bonds. The molecule has 0 atom stereocenters. The molecule has 0 aliphatic heterocycles. The van der Waals surface area contributed by atoms with Crippen molar-refractivity contribution in [2.75, 3.05) is 0 Å². The highest BCUT2D eigenvalue weighted by Crippen LogP contribution is 2.21. The van der Waals surface area contributed by atoms with Crippen molar-refractivity contribution in [2.45, 2.75) is 26.0 Å². The molecule has 0 spiro atoms. The van der Waals surface area contributed by atoms with Crippen molar-refractivity contribution < 1.29 is 9.63 Å². The van der Waals surface area contributed by atoms with Crippen molar-refractivity contribution >= 4 is 11.3 Å². The second-order valence-corrected chi connectivity index (χ2v) is 5.80. The van der Waals surface area contributed by atoms with Gasteiger partial charge in [-0.2, -0.15) is 4.98 Å². The zero-order valence-corrected chi connectivity index (χ0v) is 11.8. The van der Waals surface area contributed by atoms with E-state index in [4.69, 9.17) is 4.52 Å². The quantitative estimate of drug-likeness (QED) is 0.786.